The number of benzene rings is 2. The van der Waals surface area contributed by atoms with Gasteiger partial charge in [-0.1, -0.05) is 18.5 Å². The van der Waals surface area contributed by atoms with Crippen molar-refractivity contribution in [3.8, 4) is 11.5 Å². The zero-order chi connectivity index (χ0) is 20.4. The third-order valence-electron chi connectivity index (χ3n) is 3.45. The first-order chi connectivity index (χ1) is 12.4. The molecule has 1 amide bonds. The van der Waals surface area contributed by atoms with Gasteiger partial charge in [0.05, 0.1) is 10.6 Å². The van der Waals surface area contributed by atoms with Gasteiger partial charge in [0.1, 0.15) is 11.5 Å². The fraction of sp³-hybridized carbons (Fsp3) is 0.235. The van der Waals surface area contributed by atoms with Crippen molar-refractivity contribution < 1.29 is 35.9 Å². The highest BCUT2D eigenvalue weighted by Gasteiger charge is 2.39. The summed E-state index contributed by atoms with van der Waals surface area (Å²) in [6, 6.07) is 6.22. The topological polar surface area (TPSA) is 38.3 Å². The number of halogens is 7. The molecule has 0 radical (unpaired) electrons. The predicted octanol–water partition coefficient (Wildman–Crippen LogP) is 6.21. The molecular weight excluding hydrogens is 400 g/mol. The highest BCUT2D eigenvalue weighted by atomic mass is 35.5. The number of aryl methyl sites for hydroxylation is 1. The first kappa shape index (κ1) is 20.9. The van der Waals surface area contributed by atoms with Crippen LogP contribution in [-0.2, 0) is 17.4 Å². The summed E-state index contributed by atoms with van der Waals surface area (Å²) in [5.41, 5.74) is -0.691. The third kappa shape index (κ3) is 5.29. The minimum absolute atomic E-state index is 0.0262. The van der Waals surface area contributed by atoms with Gasteiger partial charge in [0.15, 0.2) is 0 Å². The van der Waals surface area contributed by atoms with Crippen LogP contribution in [0.3, 0.4) is 0 Å². The van der Waals surface area contributed by atoms with Crippen LogP contribution < -0.4 is 10.1 Å². The van der Waals surface area contributed by atoms with E-state index < -0.39 is 23.8 Å². The lowest BCUT2D eigenvalue weighted by molar-refractivity contribution is -0.167. The second-order valence-electron chi connectivity index (χ2n) is 5.37. The van der Waals surface area contributed by atoms with E-state index in [-0.39, 0.29) is 28.6 Å². The van der Waals surface area contributed by atoms with Crippen LogP contribution >= 0.6 is 11.6 Å². The van der Waals surface area contributed by atoms with Gasteiger partial charge in [0.25, 0.3) is 0 Å². The van der Waals surface area contributed by atoms with Crippen LogP contribution in [0.25, 0.3) is 0 Å². The molecule has 0 unspecified atom stereocenters. The summed E-state index contributed by atoms with van der Waals surface area (Å²) in [5.74, 6) is -2.07. The fourth-order valence-corrected chi connectivity index (χ4v) is 2.32. The Balaban J connectivity index is 2.27. The molecule has 0 spiro atoms. The standard InChI is InChI=1S/C17H12ClF6NO2/c1-2-9-7-14(12(18)8-13(9)25-15(26)17(22,23)24)27-11-5-3-10(4-6-11)16(19,20)21/h3-8H,2H2,1H3,(H,25,26). The number of amides is 1. The molecule has 0 heterocycles. The molecule has 0 aliphatic heterocycles. The van der Waals surface area contributed by atoms with E-state index in [9.17, 15) is 31.1 Å². The monoisotopic (exact) mass is 411 g/mol. The second-order valence-corrected chi connectivity index (χ2v) is 5.78. The van der Waals surface area contributed by atoms with E-state index in [1.54, 1.807) is 12.2 Å². The number of anilines is 1. The highest BCUT2D eigenvalue weighted by Crippen LogP contribution is 2.36. The lowest BCUT2D eigenvalue weighted by Gasteiger charge is -2.15. The van der Waals surface area contributed by atoms with E-state index in [1.807, 2.05) is 0 Å². The number of nitrogens with one attached hydrogen (secondary N) is 1. The summed E-state index contributed by atoms with van der Waals surface area (Å²) >= 11 is 5.97. The second kappa shape index (κ2) is 7.67. The van der Waals surface area contributed by atoms with Crippen molar-refractivity contribution in [1.82, 2.24) is 0 Å². The number of carbonyl (C=O) groups is 1. The molecular formula is C17H12ClF6NO2. The van der Waals surface area contributed by atoms with Gasteiger partial charge in [-0.15, -0.1) is 0 Å². The number of hydrogen-bond acceptors (Lipinski definition) is 2. The van der Waals surface area contributed by atoms with Crippen LogP contribution in [0.2, 0.25) is 5.02 Å². The van der Waals surface area contributed by atoms with Gasteiger partial charge in [-0.25, -0.2) is 0 Å². The third-order valence-corrected chi connectivity index (χ3v) is 3.75. The maximum atomic E-state index is 12.6. The molecule has 2 rings (SSSR count). The zero-order valence-electron chi connectivity index (χ0n) is 13.6. The van der Waals surface area contributed by atoms with Crippen molar-refractivity contribution in [1.29, 1.82) is 0 Å². The van der Waals surface area contributed by atoms with Crippen molar-refractivity contribution in [2.24, 2.45) is 0 Å². The van der Waals surface area contributed by atoms with Crippen molar-refractivity contribution >= 4 is 23.2 Å². The number of hydrogen-bond donors (Lipinski definition) is 1. The molecule has 0 saturated carbocycles. The Morgan fingerprint density at radius 2 is 1.67 bits per heavy atom. The molecule has 1 N–H and O–H groups in total. The zero-order valence-corrected chi connectivity index (χ0v) is 14.4. The lowest BCUT2D eigenvalue weighted by atomic mass is 10.1. The normalized spacial score (nSPS) is 12.0. The molecule has 0 fully saturated rings. The Kier molecular flexibility index (Phi) is 5.94. The Morgan fingerprint density at radius 1 is 1.07 bits per heavy atom. The molecule has 146 valence electrons. The summed E-state index contributed by atoms with van der Waals surface area (Å²) in [6.45, 7) is 1.63. The van der Waals surface area contributed by atoms with E-state index in [0.717, 1.165) is 30.3 Å². The predicted molar refractivity (Wildman–Crippen MR) is 87.0 cm³/mol. The van der Waals surface area contributed by atoms with E-state index >= 15 is 0 Å². The SMILES string of the molecule is CCc1cc(Oc2ccc(C(F)(F)F)cc2)c(Cl)cc1NC(=O)C(F)(F)F. The van der Waals surface area contributed by atoms with Crippen molar-refractivity contribution in [3.63, 3.8) is 0 Å². The van der Waals surface area contributed by atoms with Crippen LogP contribution in [-0.4, -0.2) is 12.1 Å². The average Bonchev–Trinajstić information content (AvgIpc) is 2.56. The van der Waals surface area contributed by atoms with Gasteiger partial charge in [-0.3, -0.25) is 4.79 Å². The van der Waals surface area contributed by atoms with E-state index in [1.165, 1.54) is 6.07 Å². The maximum Gasteiger partial charge on any atom is 0.471 e. The summed E-state index contributed by atoms with van der Waals surface area (Å²) < 4.78 is 80.3. The molecule has 10 heteroatoms. The van der Waals surface area contributed by atoms with Gasteiger partial charge in [-0.05, 0) is 48.4 Å². The highest BCUT2D eigenvalue weighted by molar-refractivity contribution is 6.32. The molecule has 2 aromatic rings. The summed E-state index contributed by atoms with van der Waals surface area (Å²) in [4.78, 5) is 11.1. The van der Waals surface area contributed by atoms with Crippen LogP contribution in [0.5, 0.6) is 11.5 Å². The molecule has 0 saturated heterocycles. The number of carbonyl (C=O) groups excluding carboxylic acids is 1. The Morgan fingerprint density at radius 3 is 2.15 bits per heavy atom. The van der Waals surface area contributed by atoms with Gasteiger partial charge in [-0.2, -0.15) is 26.3 Å². The van der Waals surface area contributed by atoms with Crippen LogP contribution in [0.1, 0.15) is 18.1 Å². The molecule has 0 aliphatic carbocycles. The number of rotatable bonds is 4. The van der Waals surface area contributed by atoms with Crippen LogP contribution in [0, 0.1) is 0 Å². The van der Waals surface area contributed by atoms with Crippen molar-refractivity contribution in [2.75, 3.05) is 5.32 Å². The van der Waals surface area contributed by atoms with E-state index in [4.69, 9.17) is 16.3 Å². The number of ether oxygens (including phenoxy) is 1. The minimum atomic E-state index is -5.06. The lowest BCUT2D eigenvalue weighted by Crippen LogP contribution is -2.30. The van der Waals surface area contributed by atoms with Gasteiger partial charge < -0.3 is 10.1 Å². The Labute approximate surface area is 154 Å². The van der Waals surface area contributed by atoms with E-state index in [2.05, 4.69) is 0 Å². The Bertz CT molecular complexity index is 831. The molecule has 0 bridgehead atoms. The largest absolute Gasteiger partial charge is 0.471 e. The van der Waals surface area contributed by atoms with Gasteiger partial charge >= 0.3 is 18.3 Å². The maximum absolute atomic E-state index is 12.6. The quantitative estimate of drug-likeness (QED) is 0.607. The summed E-state index contributed by atoms with van der Waals surface area (Å²) in [7, 11) is 0. The molecule has 3 nitrogen and oxygen atoms in total. The molecule has 0 atom stereocenters. The van der Waals surface area contributed by atoms with Crippen LogP contribution in [0.15, 0.2) is 36.4 Å². The van der Waals surface area contributed by atoms with Crippen molar-refractivity contribution in [2.45, 2.75) is 25.7 Å². The number of alkyl halides is 6. The van der Waals surface area contributed by atoms with E-state index in [0.29, 0.717) is 5.56 Å². The first-order valence-corrected chi connectivity index (χ1v) is 7.85. The molecule has 0 aliphatic rings. The van der Waals surface area contributed by atoms with Crippen molar-refractivity contribution in [3.05, 3.63) is 52.5 Å². The van der Waals surface area contributed by atoms with Gasteiger partial charge in [0.2, 0.25) is 0 Å². The van der Waals surface area contributed by atoms with Crippen LogP contribution in [0.4, 0.5) is 32.0 Å². The fourth-order valence-electron chi connectivity index (χ4n) is 2.11. The molecule has 2 aromatic carbocycles. The summed E-state index contributed by atoms with van der Waals surface area (Å²) in [5, 5.41) is 1.61. The smallest absolute Gasteiger partial charge is 0.456 e. The molecule has 27 heavy (non-hydrogen) atoms. The molecule has 0 aromatic heterocycles. The summed E-state index contributed by atoms with van der Waals surface area (Å²) in [6.07, 6.45) is -9.31. The first-order valence-electron chi connectivity index (χ1n) is 7.47. The van der Waals surface area contributed by atoms with Gasteiger partial charge in [0, 0.05) is 5.69 Å². The minimum Gasteiger partial charge on any atom is -0.456 e. The average molecular weight is 412 g/mol. The Hall–Kier alpha value is -2.42.